The zero-order valence-electron chi connectivity index (χ0n) is 17.1. The Bertz CT molecular complexity index is 871. The molecule has 4 nitrogen and oxygen atoms in total. The van der Waals surface area contributed by atoms with Crippen LogP contribution in [0.15, 0.2) is 72.8 Å². The molecule has 0 aromatic heterocycles. The number of hydrogen-bond acceptors (Lipinski definition) is 4. The maximum absolute atomic E-state index is 13.0. The number of ether oxygens (including phenoxy) is 3. The molecule has 29 heavy (non-hydrogen) atoms. The molecule has 3 aromatic carbocycles. The number of rotatable bonds is 9. The minimum atomic E-state index is 0.0203. The van der Waals surface area contributed by atoms with Gasteiger partial charge < -0.3 is 14.2 Å². The fourth-order valence-electron chi connectivity index (χ4n) is 3.56. The molecule has 0 radical (unpaired) electrons. The first-order valence-electron chi connectivity index (χ1n) is 9.56. The molecule has 4 heteroatoms. The van der Waals surface area contributed by atoms with Gasteiger partial charge in [0, 0.05) is 18.8 Å². The van der Waals surface area contributed by atoms with Crippen LogP contribution in [0.25, 0.3) is 0 Å². The summed E-state index contributed by atoms with van der Waals surface area (Å²) in [4.78, 5) is 13.0. The standard InChI is InChI=1S/C25H26O4/c1-27-23-15-18(16-24(28-2)25(23)29-3)14-21(26)17-22(19-10-6-4-7-11-19)20-12-8-5-9-13-20/h4-13,15-16,22H,14,17H2,1-3H3. The van der Waals surface area contributed by atoms with Gasteiger partial charge in [-0.25, -0.2) is 0 Å². The van der Waals surface area contributed by atoms with Crippen molar-refractivity contribution in [3.63, 3.8) is 0 Å². The third-order valence-corrected chi connectivity index (χ3v) is 4.96. The van der Waals surface area contributed by atoms with E-state index in [4.69, 9.17) is 14.2 Å². The molecule has 0 N–H and O–H groups in total. The summed E-state index contributed by atoms with van der Waals surface area (Å²) in [6.07, 6.45) is 0.720. The van der Waals surface area contributed by atoms with Gasteiger partial charge >= 0.3 is 0 Å². The average Bonchev–Trinajstić information content (AvgIpc) is 2.77. The van der Waals surface area contributed by atoms with Crippen LogP contribution in [0, 0.1) is 0 Å². The highest BCUT2D eigenvalue weighted by Gasteiger charge is 2.20. The van der Waals surface area contributed by atoms with Crippen LogP contribution in [0.1, 0.15) is 29.0 Å². The Morgan fingerprint density at radius 2 is 1.24 bits per heavy atom. The monoisotopic (exact) mass is 390 g/mol. The highest BCUT2D eigenvalue weighted by Crippen LogP contribution is 2.38. The lowest BCUT2D eigenvalue weighted by atomic mass is 9.86. The Labute approximate surface area is 172 Å². The van der Waals surface area contributed by atoms with Gasteiger partial charge in [0.05, 0.1) is 21.3 Å². The van der Waals surface area contributed by atoms with Crippen molar-refractivity contribution in [3.05, 3.63) is 89.5 Å². The van der Waals surface area contributed by atoms with Gasteiger partial charge in [-0.05, 0) is 28.8 Å². The van der Waals surface area contributed by atoms with Gasteiger partial charge in [0.15, 0.2) is 11.5 Å². The fraction of sp³-hybridized carbons (Fsp3) is 0.240. The summed E-state index contributed by atoms with van der Waals surface area (Å²) >= 11 is 0. The number of methoxy groups -OCH3 is 3. The van der Waals surface area contributed by atoms with E-state index in [0.717, 1.165) is 16.7 Å². The van der Waals surface area contributed by atoms with Gasteiger partial charge in [-0.1, -0.05) is 60.7 Å². The van der Waals surface area contributed by atoms with Crippen LogP contribution < -0.4 is 14.2 Å². The van der Waals surface area contributed by atoms with Crippen LogP contribution in [0.3, 0.4) is 0 Å². The van der Waals surface area contributed by atoms with E-state index < -0.39 is 0 Å². The number of benzene rings is 3. The number of Topliss-reactive ketones (excluding diaryl/α,β-unsaturated/α-hetero) is 1. The van der Waals surface area contributed by atoms with Crippen molar-refractivity contribution in [3.8, 4) is 17.2 Å². The predicted molar refractivity (Wildman–Crippen MR) is 114 cm³/mol. The van der Waals surface area contributed by atoms with E-state index in [1.807, 2.05) is 48.5 Å². The minimum Gasteiger partial charge on any atom is -0.493 e. The van der Waals surface area contributed by atoms with Crippen molar-refractivity contribution >= 4 is 5.78 Å². The van der Waals surface area contributed by atoms with Gasteiger partial charge in [0.25, 0.3) is 0 Å². The third kappa shape index (κ3) is 4.96. The van der Waals surface area contributed by atoms with Gasteiger partial charge in [-0.3, -0.25) is 4.79 Å². The summed E-state index contributed by atoms with van der Waals surface area (Å²) in [5.74, 6) is 1.80. The maximum Gasteiger partial charge on any atom is 0.203 e. The van der Waals surface area contributed by atoms with Gasteiger partial charge in [-0.2, -0.15) is 0 Å². The molecule has 0 atom stereocenters. The Morgan fingerprint density at radius 1 is 0.759 bits per heavy atom. The van der Waals surface area contributed by atoms with E-state index >= 15 is 0 Å². The molecule has 0 aliphatic heterocycles. The second kappa shape index (κ2) is 9.78. The maximum atomic E-state index is 13.0. The van der Waals surface area contributed by atoms with Crippen molar-refractivity contribution in [2.24, 2.45) is 0 Å². The van der Waals surface area contributed by atoms with E-state index in [1.54, 1.807) is 21.3 Å². The van der Waals surface area contributed by atoms with Crippen LogP contribution in [0.5, 0.6) is 17.2 Å². The van der Waals surface area contributed by atoms with Gasteiger partial charge in [0.1, 0.15) is 5.78 Å². The van der Waals surface area contributed by atoms with Crippen LogP contribution in [0.4, 0.5) is 0 Å². The third-order valence-electron chi connectivity index (χ3n) is 4.96. The molecule has 0 saturated heterocycles. The van der Waals surface area contributed by atoms with Crippen LogP contribution in [0.2, 0.25) is 0 Å². The second-order valence-corrected chi connectivity index (χ2v) is 6.83. The van der Waals surface area contributed by atoms with E-state index in [1.165, 1.54) is 0 Å². The lowest BCUT2D eigenvalue weighted by Gasteiger charge is -2.18. The van der Waals surface area contributed by atoms with Gasteiger partial charge in [-0.15, -0.1) is 0 Å². The highest BCUT2D eigenvalue weighted by molar-refractivity contribution is 5.82. The van der Waals surface area contributed by atoms with Crippen LogP contribution >= 0.6 is 0 Å². The summed E-state index contributed by atoms with van der Waals surface area (Å²) in [5.41, 5.74) is 3.11. The average molecular weight is 390 g/mol. The summed E-state index contributed by atoms with van der Waals surface area (Å²) in [6.45, 7) is 0. The van der Waals surface area contributed by atoms with E-state index in [0.29, 0.717) is 30.1 Å². The first kappa shape index (κ1) is 20.5. The molecule has 3 rings (SSSR count). The number of carbonyl (C=O) groups excluding carboxylic acids is 1. The number of hydrogen-bond donors (Lipinski definition) is 0. The lowest BCUT2D eigenvalue weighted by molar-refractivity contribution is -0.118. The molecule has 0 aliphatic rings. The zero-order valence-corrected chi connectivity index (χ0v) is 17.1. The SMILES string of the molecule is COc1cc(CC(=O)CC(c2ccccc2)c2ccccc2)cc(OC)c1OC. The molecule has 0 heterocycles. The quantitative estimate of drug-likeness (QED) is 0.513. The molecule has 0 spiro atoms. The van der Waals surface area contributed by atoms with Gasteiger partial charge in [0.2, 0.25) is 5.75 Å². The van der Waals surface area contributed by atoms with Crippen molar-refractivity contribution in [2.45, 2.75) is 18.8 Å². The predicted octanol–water partition coefficient (Wildman–Crippen LogP) is 5.05. The Morgan fingerprint density at radius 3 is 1.66 bits per heavy atom. The number of ketones is 1. The van der Waals surface area contributed by atoms with Crippen LogP contribution in [-0.2, 0) is 11.2 Å². The highest BCUT2D eigenvalue weighted by atomic mass is 16.5. The van der Waals surface area contributed by atoms with E-state index in [-0.39, 0.29) is 11.7 Å². The molecular formula is C25H26O4. The number of carbonyl (C=O) groups is 1. The molecule has 0 unspecified atom stereocenters. The summed E-state index contributed by atoms with van der Waals surface area (Å²) < 4.78 is 16.2. The molecular weight excluding hydrogens is 364 g/mol. The van der Waals surface area contributed by atoms with Crippen LogP contribution in [-0.4, -0.2) is 27.1 Å². The largest absolute Gasteiger partial charge is 0.493 e. The molecule has 0 saturated carbocycles. The minimum absolute atomic E-state index is 0.0203. The van der Waals surface area contributed by atoms with Crippen molar-refractivity contribution in [1.29, 1.82) is 0 Å². The first-order chi connectivity index (χ1) is 14.2. The summed E-state index contributed by atoms with van der Waals surface area (Å²) in [5, 5.41) is 0. The smallest absolute Gasteiger partial charge is 0.203 e. The van der Waals surface area contributed by atoms with Crippen molar-refractivity contribution < 1.29 is 19.0 Å². The lowest BCUT2D eigenvalue weighted by Crippen LogP contribution is -2.11. The normalized spacial score (nSPS) is 10.6. The molecule has 0 aliphatic carbocycles. The Balaban J connectivity index is 1.84. The summed E-state index contributed by atoms with van der Waals surface area (Å²) in [6, 6.07) is 24.0. The second-order valence-electron chi connectivity index (χ2n) is 6.83. The summed E-state index contributed by atoms with van der Waals surface area (Å²) in [7, 11) is 4.71. The van der Waals surface area contributed by atoms with E-state index in [2.05, 4.69) is 24.3 Å². The van der Waals surface area contributed by atoms with Crippen molar-refractivity contribution in [2.75, 3.05) is 21.3 Å². The van der Waals surface area contributed by atoms with Crippen molar-refractivity contribution in [1.82, 2.24) is 0 Å². The first-order valence-corrected chi connectivity index (χ1v) is 9.56. The topological polar surface area (TPSA) is 44.8 Å². The molecule has 0 bridgehead atoms. The zero-order chi connectivity index (χ0) is 20.6. The molecule has 150 valence electrons. The molecule has 0 amide bonds. The molecule has 0 fully saturated rings. The molecule has 3 aromatic rings. The Kier molecular flexibility index (Phi) is 6.90. The Hall–Kier alpha value is -3.27. The van der Waals surface area contributed by atoms with E-state index in [9.17, 15) is 4.79 Å². The fourth-order valence-corrected chi connectivity index (χ4v) is 3.56.